The van der Waals surface area contributed by atoms with Gasteiger partial charge in [-0.2, -0.15) is 4.68 Å². The molecular weight excluding hydrogens is 454 g/mol. The summed E-state index contributed by atoms with van der Waals surface area (Å²) in [6.07, 6.45) is 4.49. The quantitative estimate of drug-likeness (QED) is 0.414. The Balaban J connectivity index is 1.34. The van der Waals surface area contributed by atoms with Crippen LogP contribution in [-0.4, -0.2) is 35.7 Å². The summed E-state index contributed by atoms with van der Waals surface area (Å²) in [5.41, 5.74) is 4.30. The number of hydrogen-bond acceptors (Lipinski definition) is 5. The van der Waals surface area contributed by atoms with Crippen LogP contribution in [-0.2, 0) is 11.2 Å². The number of pyridine rings is 1. The van der Waals surface area contributed by atoms with Gasteiger partial charge >= 0.3 is 0 Å². The minimum atomic E-state index is -0.575. The van der Waals surface area contributed by atoms with Gasteiger partial charge in [0.25, 0.3) is 5.56 Å². The first kappa shape index (κ1) is 20.4. The number of amides is 1. The molecule has 1 atom stereocenters. The lowest BCUT2D eigenvalue weighted by molar-refractivity contribution is -0.119. The topological polar surface area (TPSA) is 110 Å². The minimum Gasteiger partial charge on any atom is -0.361 e. The molecule has 1 amide bonds. The highest BCUT2D eigenvalue weighted by atomic mass is 35.5. The van der Waals surface area contributed by atoms with Gasteiger partial charge in [0.2, 0.25) is 5.91 Å². The van der Waals surface area contributed by atoms with Crippen LogP contribution >= 0.6 is 11.6 Å². The predicted octanol–water partition coefficient (Wildman–Crippen LogP) is 3.75. The third kappa shape index (κ3) is 3.46. The van der Waals surface area contributed by atoms with Crippen LogP contribution in [0.3, 0.4) is 0 Å². The molecule has 3 aromatic heterocycles. The third-order valence-corrected chi connectivity index (χ3v) is 6.36. The molecule has 5 aromatic rings. The zero-order chi connectivity index (χ0) is 23.2. The van der Waals surface area contributed by atoms with Crippen LogP contribution in [0.25, 0.3) is 27.7 Å². The van der Waals surface area contributed by atoms with Gasteiger partial charge < -0.3 is 14.9 Å². The van der Waals surface area contributed by atoms with Crippen molar-refractivity contribution >= 4 is 34.1 Å². The molecule has 1 aliphatic heterocycles. The molecule has 0 bridgehead atoms. The molecule has 0 fully saturated rings. The van der Waals surface area contributed by atoms with Crippen LogP contribution in [0, 0.1) is 0 Å². The van der Waals surface area contributed by atoms with Crippen LogP contribution in [0.1, 0.15) is 18.2 Å². The SMILES string of the molecule is O=C(Nc1ccc2cc[nH]c2c1)[C@@H]1CCc2cc(-c3cc(Cl)ccc3-n3cnnn3)cc(=O)n21. The lowest BCUT2D eigenvalue weighted by Crippen LogP contribution is -2.31. The second kappa shape index (κ2) is 7.96. The highest BCUT2D eigenvalue weighted by molar-refractivity contribution is 6.31. The Morgan fingerprint density at radius 3 is 2.88 bits per heavy atom. The Hall–Kier alpha value is -4.24. The molecule has 0 saturated heterocycles. The Morgan fingerprint density at radius 1 is 1.12 bits per heavy atom. The van der Waals surface area contributed by atoms with Crippen LogP contribution in [0.5, 0.6) is 0 Å². The van der Waals surface area contributed by atoms with E-state index in [2.05, 4.69) is 25.8 Å². The number of aryl methyl sites for hydroxylation is 1. The van der Waals surface area contributed by atoms with Gasteiger partial charge in [-0.3, -0.25) is 9.59 Å². The van der Waals surface area contributed by atoms with Crippen LogP contribution < -0.4 is 10.9 Å². The number of anilines is 1. The summed E-state index contributed by atoms with van der Waals surface area (Å²) >= 11 is 6.26. The number of hydrogen-bond donors (Lipinski definition) is 2. The van der Waals surface area contributed by atoms with E-state index in [1.54, 1.807) is 22.8 Å². The molecule has 0 spiro atoms. The summed E-state index contributed by atoms with van der Waals surface area (Å²) in [5.74, 6) is -0.211. The maximum atomic E-state index is 13.2. The van der Waals surface area contributed by atoms with Crippen molar-refractivity contribution < 1.29 is 4.79 Å². The first-order valence-corrected chi connectivity index (χ1v) is 11.1. The predicted molar refractivity (Wildman–Crippen MR) is 128 cm³/mol. The molecule has 2 N–H and O–H groups in total. The number of carbonyl (C=O) groups is 1. The number of carbonyl (C=O) groups excluding carboxylic acids is 1. The van der Waals surface area contributed by atoms with Gasteiger partial charge in [-0.25, -0.2) is 0 Å². The zero-order valence-electron chi connectivity index (χ0n) is 17.8. The maximum Gasteiger partial charge on any atom is 0.252 e. The van der Waals surface area contributed by atoms with Crippen molar-refractivity contribution in [2.45, 2.75) is 18.9 Å². The van der Waals surface area contributed by atoms with Gasteiger partial charge in [0.1, 0.15) is 12.4 Å². The van der Waals surface area contributed by atoms with Crippen molar-refractivity contribution in [3.63, 3.8) is 0 Å². The number of aromatic amines is 1. The number of rotatable bonds is 4. The largest absolute Gasteiger partial charge is 0.361 e. The first-order valence-electron chi connectivity index (χ1n) is 10.7. The molecule has 0 radical (unpaired) electrons. The molecule has 6 rings (SSSR count). The highest BCUT2D eigenvalue weighted by Crippen LogP contribution is 2.32. The van der Waals surface area contributed by atoms with E-state index in [0.29, 0.717) is 34.8 Å². The van der Waals surface area contributed by atoms with Crippen LogP contribution in [0.4, 0.5) is 5.69 Å². The number of tetrazole rings is 1. The number of nitrogens with zero attached hydrogens (tertiary/aromatic N) is 5. The molecule has 0 saturated carbocycles. The Morgan fingerprint density at radius 2 is 2.03 bits per heavy atom. The van der Waals surface area contributed by atoms with E-state index in [9.17, 15) is 9.59 Å². The van der Waals surface area contributed by atoms with Crippen LogP contribution in [0.2, 0.25) is 5.02 Å². The molecule has 0 unspecified atom stereocenters. The zero-order valence-corrected chi connectivity index (χ0v) is 18.5. The van der Waals surface area contributed by atoms with Gasteiger partial charge in [0, 0.05) is 39.7 Å². The average molecular weight is 472 g/mol. The number of benzene rings is 2. The fraction of sp³-hybridized carbons (Fsp3) is 0.125. The molecule has 168 valence electrons. The van der Waals surface area contributed by atoms with Gasteiger partial charge in [-0.05, 0) is 76.7 Å². The molecule has 10 heteroatoms. The summed E-state index contributed by atoms with van der Waals surface area (Å²) < 4.78 is 3.10. The van der Waals surface area contributed by atoms with Crippen LogP contribution in [0.15, 0.2) is 71.9 Å². The van der Waals surface area contributed by atoms with Gasteiger partial charge in [-0.15, -0.1) is 5.10 Å². The molecular formula is C24H18ClN7O2. The van der Waals surface area contributed by atoms with Gasteiger partial charge in [-0.1, -0.05) is 17.7 Å². The summed E-state index contributed by atoms with van der Waals surface area (Å²) in [4.78, 5) is 29.4. The Kier molecular flexibility index (Phi) is 4.77. The standard InChI is InChI=1S/C24H18ClN7O2/c25-16-2-5-21(31-13-27-29-30-31)19(11-16)15-9-18-4-6-22(32(18)23(33)10-15)24(34)28-17-3-1-14-7-8-26-20(14)12-17/h1-3,5,7-13,22,26H,4,6H2,(H,28,34)/t22-/m0/s1. The highest BCUT2D eigenvalue weighted by Gasteiger charge is 2.30. The lowest BCUT2D eigenvalue weighted by atomic mass is 10.0. The second-order valence-corrected chi connectivity index (χ2v) is 8.62. The van der Waals surface area contributed by atoms with E-state index in [1.165, 1.54) is 17.1 Å². The first-order chi connectivity index (χ1) is 16.6. The summed E-state index contributed by atoms with van der Waals surface area (Å²) in [5, 5.41) is 15.9. The number of nitrogens with one attached hydrogen (secondary N) is 2. The number of halogens is 1. The third-order valence-electron chi connectivity index (χ3n) is 6.12. The fourth-order valence-electron chi connectivity index (χ4n) is 4.56. The average Bonchev–Trinajstić information content (AvgIpc) is 3.59. The minimum absolute atomic E-state index is 0.211. The molecule has 1 aliphatic rings. The Labute approximate surface area is 198 Å². The molecule has 2 aromatic carbocycles. The van der Waals surface area contributed by atoms with E-state index in [-0.39, 0.29) is 11.5 Å². The van der Waals surface area contributed by atoms with Crippen molar-refractivity contribution in [1.82, 2.24) is 29.8 Å². The smallest absolute Gasteiger partial charge is 0.252 e. The monoisotopic (exact) mass is 471 g/mol. The lowest BCUT2D eigenvalue weighted by Gasteiger charge is -2.16. The molecule has 0 aliphatic carbocycles. The van der Waals surface area contributed by atoms with E-state index < -0.39 is 6.04 Å². The van der Waals surface area contributed by atoms with Crippen molar-refractivity contribution in [2.75, 3.05) is 5.32 Å². The van der Waals surface area contributed by atoms with Crippen molar-refractivity contribution in [2.24, 2.45) is 0 Å². The molecule has 9 nitrogen and oxygen atoms in total. The van der Waals surface area contributed by atoms with Crippen molar-refractivity contribution in [1.29, 1.82) is 0 Å². The van der Waals surface area contributed by atoms with Gasteiger partial charge in [0.15, 0.2) is 0 Å². The number of H-pyrrole nitrogens is 1. The fourth-order valence-corrected chi connectivity index (χ4v) is 4.73. The van der Waals surface area contributed by atoms with E-state index in [1.807, 2.05) is 36.5 Å². The maximum absolute atomic E-state index is 13.2. The van der Waals surface area contributed by atoms with Gasteiger partial charge in [0.05, 0.1) is 5.69 Å². The molecule has 4 heterocycles. The summed E-state index contributed by atoms with van der Waals surface area (Å²) in [6, 6.07) is 15.9. The number of aromatic nitrogens is 6. The second-order valence-electron chi connectivity index (χ2n) is 8.18. The summed E-state index contributed by atoms with van der Waals surface area (Å²) in [7, 11) is 0. The van der Waals surface area contributed by atoms with Crippen molar-refractivity contribution in [3.8, 4) is 16.8 Å². The van der Waals surface area contributed by atoms with Crippen molar-refractivity contribution in [3.05, 3.63) is 88.2 Å². The Bertz CT molecular complexity index is 1600. The van der Waals surface area contributed by atoms with E-state index in [0.717, 1.165) is 22.2 Å². The summed E-state index contributed by atoms with van der Waals surface area (Å²) in [6.45, 7) is 0. The number of fused-ring (bicyclic) bond motifs is 2. The normalized spacial score (nSPS) is 14.9. The van der Waals surface area contributed by atoms with E-state index in [4.69, 9.17) is 11.6 Å². The van der Waals surface area contributed by atoms with E-state index >= 15 is 0 Å². The molecule has 34 heavy (non-hydrogen) atoms.